The molecule has 2 aromatic carbocycles. The Balaban J connectivity index is 0.00000245. The van der Waals surface area contributed by atoms with Gasteiger partial charge in [-0.2, -0.15) is 4.57 Å². The summed E-state index contributed by atoms with van der Waals surface area (Å²) < 4.78 is 3.38. The van der Waals surface area contributed by atoms with Crippen molar-refractivity contribution < 1.29 is 26.7 Å². The number of aromatic amines is 1. The Morgan fingerprint density at radius 1 is 0.875 bits per heavy atom. The second-order valence-corrected chi connectivity index (χ2v) is 7.21. The molecule has 6 nitrogen and oxygen atoms in total. The number of nitrogens with one attached hydrogen (secondary N) is 1. The zero-order valence-corrected chi connectivity index (χ0v) is 18.7. The van der Waals surface area contributed by atoms with Gasteiger partial charge in [0, 0.05) is 5.57 Å². The van der Waals surface area contributed by atoms with Gasteiger partial charge in [0.05, 0.1) is 31.1 Å². The first-order chi connectivity index (χ1) is 15.3. The Bertz CT molecular complexity index is 1360. The van der Waals surface area contributed by atoms with Gasteiger partial charge in [0.2, 0.25) is 0 Å². The van der Waals surface area contributed by atoms with Crippen LogP contribution in [0, 0.1) is 0 Å². The van der Waals surface area contributed by atoms with E-state index in [2.05, 4.69) is 35.4 Å². The molecule has 2 N–H and O–H groups in total. The third kappa shape index (κ3) is 3.77. The Labute approximate surface area is 195 Å². The summed E-state index contributed by atoms with van der Waals surface area (Å²) in [6.07, 6.45) is 3.54. The van der Waals surface area contributed by atoms with Crippen molar-refractivity contribution in [2.24, 2.45) is 4.99 Å². The SMILES string of the molecule is O=c1c(N=C2C(c3ccccc3)=C(c3ccccc3)c3cccc[n+]32)c[nH]n1CCO.[Br-]. The number of rotatable bonds is 5. The van der Waals surface area contributed by atoms with Crippen LogP contribution in [0.15, 0.2) is 101 Å². The number of halogens is 1. The number of allylic oxidation sites excluding steroid dienone is 1. The molecule has 0 aliphatic carbocycles. The van der Waals surface area contributed by atoms with Gasteiger partial charge in [-0.25, -0.2) is 4.68 Å². The molecule has 3 heterocycles. The molecule has 7 heteroatoms. The minimum Gasteiger partial charge on any atom is -1.00 e. The Hall–Kier alpha value is -3.55. The number of H-pyrrole nitrogens is 1. The maximum absolute atomic E-state index is 12.7. The van der Waals surface area contributed by atoms with Gasteiger partial charge in [0.25, 0.3) is 5.69 Å². The maximum atomic E-state index is 12.7. The minimum absolute atomic E-state index is 0. The number of aliphatic hydroxyl groups is 1. The van der Waals surface area contributed by atoms with Crippen molar-refractivity contribution in [3.63, 3.8) is 0 Å². The third-order valence-electron chi connectivity index (χ3n) is 5.31. The van der Waals surface area contributed by atoms with Crippen LogP contribution in [0.3, 0.4) is 0 Å². The van der Waals surface area contributed by atoms with Gasteiger partial charge in [-0.15, -0.1) is 0 Å². The summed E-state index contributed by atoms with van der Waals surface area (Å²) in [4.78, 5) is 17.6. The van der Waals surface area contributed by atoms with E-state index in [1.165, 1.54) is 4.68 Å². The number of aliphatic imine (C=N–C) groups is 1. The fourth-order valence-electron chi connectivity index (χ4n) is 3.93. The van der Waals surface area contributed by atoms with Crippen molar-refractivity contribution in [2.75, 3.05) is 6.61 Å². The summed E-state index contributed by atoms with van der Waals surface area (Å²) in [5, 5.41) is 12.1. The van der Waals surface area contributed by atoms with E-state index in [0.29, 0.717) is 11.5 Å². The number of hydrogen-bond donors (Lipinski definition) is 2. The van der Waals surface area contributed by atoms with Gasteiger partial charge in [-0.3, -0.25) is 9.89 Å². The molecule has 1 aliphatic rings. The zero-order valence-electron chi connectivity index (χ0n) is 17.1. The summed E-state index contributed by atoms with van der Waals surface area (Å²) in [6.45, 7) is 0.0748. The van der Waals surface area contributed by atoms with E-state index in [1.807, 2.05) is 59.3 Å². The molecule has 0 fully saturated rings. The van der Waals surface area contributed by atoms with E-state index in [0.717, 1.165) is 28.0 Å². The summed E-state index contributed by atoms with van der Waals surface area (Å²) in [6, 6.07) is 26.3. The lowest BCUT2D eigenvalue weighted by Crippen LogP contribution is -3.00. The number of fused-ring (bicyclic) bond motifs is 1. The van der Waals surface area contributed by atoms with Crippen LogP contribution in [0.25, 0.3) is 11.1 Å². The number of aliphatic hydroxyl groups excluding tert-OH is 1. The predicted octanol–water partition coefficient (Wildman–Crippen LogP) is 0.0112. The maximum Gasteiger partial charge on any atom is 0.337 e. The van der Waals surface area contributed by atoms with E-state index in [9.17, 15) is 9.90 Å². The van der Waals surface area contributed by atoms with E-state index in [-0.39, 0.29) is 35.7 Å². The molecule has 0 atom stereocenters. The first kappa shape index (κ1) is 21.7. The average Bonchev–Trinajstić information content (AvgIpc) is 3.34. The zero-order chi connectivity index (χ0) is 21.2. The molecule has 2 aromatic heterocycles. The van der Waals surface area contributed by atoms with E-state index >= 15 is 0 Å². The van der Waals surface area contributed by atoms with Crippen molar-refractivity contribution >= 4 is 22.7 Å². The number of nitrogens with zero attached hydrogens (tertiary/aromatic N) is 3. The van der Waals surface area contributed by atoms with E-state index in [4.69, 9.17) is 4.99 Å². The molecule has 0 saturated carbocycles. The summed E-state index contributed by atoms with van der Waals surface area (Å²) in [7, 11) is 0. The highest BCUT2D eigenvalue weighted by Gasteiger charge is 2.37. The molecule has 0 unspecified atom stereocenters. The van der Waals surface area contributed by atoms with Crippen molar-refractivity contribution in [1.29, 1.82) is 0 Å². The molecular weight excluding hydrogens is 468 g/mol. The summed E-state index contributed by atoms with van der Waals surface area (Å²) >= 11 is 0. The molecule has 0 spiro atoms. The molecule has 0 amide bonds. The number of hydrogen-bond acceptors (Lipinski definition) is 3. The number of benzene rings is 2. The van der Waals surface area contributed by atoms with Gasteiger partial charge >= 0.3 is 11.4 Å². The van der Waals surface area contributed by atoms with Crippen LogP contribution in [0.1, 0.15) is 16.8 Å². The van der Waals surface area contributed by atoms with Crippen LogP contribution in [0.5, 0.6) is 0 Å². The number of pyridine rings is 1. The van der Waals surface area contributed by atoms with Crippen LogP contribution in [0.2, 0.25) is 0 Å². The van der Waals surface area contributed by atoms with Crippen LogP contribution < -0.4 is 27.1 Å². The van der Waals surface area contributed by atoms with Crippen LogP contribution in [0.4, 0.5) is 5.69 Å². The predicted molar refractivity (Wildman–Crippen MR) is 120 cm³/mol. The van der Waals surface area contributed by atoms with Crippen molar-refractivity contribution in [3.8, 4) is 0 Å². The highest BCUT2D eigenvalue weighted by atomic mass is 79.9. The van der Waals surface area contributed by atoms with Gasteiger partial charge in [0.15, 0.2) is 0 Å². The van der Waals surface area contributed by atoms with Crippen molar-refractivity contribution in [3.05, 3.63) is 118 Å². The molecular formula is C25H21BrN4O2. The second-order valence-electron chi connectivity index (χ2n) is 7.21. The second kappa shape index (κ2) is 9.30. The first-order valence-electron chi connectivity index (χ1n) is 10.1. The average molecular weight is 489 g/mol. The quantitative estimate of drug-likeness (QED) is 0.388. The summed E-state index contributed by atoms with van der Waals surface area (Å²) in [5.41, 5.74) is 5.18. The molecule has 0 radical (unpaired) electrons. The fourth-order valence-corrected chi connectivity index (χ4v) is 3.93. The van der Waals surface area contributed by atoms with Crippen LogP contribution in [-0.2, 0) is 6.54 Å². The molecule has 0 bridgehead atoms. The largest absolute Gasteiger partial charge is 1.00 e. The lowest BCUT2D eigenvalue weighted by atomic mass is 9.94. The standard InChI is InChI=1S/C25H20N4O2.BrH/c30-16-15-29-25(31)20(17-26-29)27-24-23(19-11-5-2-6-12-19)22(18-9-3-1-4-10-18)21-13-7-8-14-28(21)24;/h1-14,17,30H,15-16H2;1H. The highest BCUT2D eigenvalue weighted by Crippen LogP contribution is 2.35. The molecule has 1 aliphatic heterocycles. The van der Waals surface area contributed by atoms with Crippen LogP contribution >= 0.6 is 0 Å². The molecule has 5 rings (SSSR count). The van der Waals surface area contributed by atoms with Crippen LogP contribution in [-0.4, -0.2) is 27.3 Å². The Morgan fingerprint density at radius 2 is 1.50 bits per heavy atom. The van der Waals surface area contributed by atoms with Gasteiger partial charge in [0.1, 0.15) is 5.69 Å². The lowest BCUT2D eigenvalue weighted by Gasteiger charge is -2.05. The van der Waals surface area contributed by atoms with E-state index in [1.54, 1.807) is 6.20 Å². The molecule has 160 valence electrons. The summed E-state index contributed by atoms with van der Waals surface area (Å²) in [5.74, 6) is 0.688. The highest BCUT2D eigenvalue weighted by molar-refractivity contribution is 6.30. The van der Waals surface area contributed by atoms with Gasteiger partial charge in [-0.05, 0) is 28.3 Å². The Kier molecular flexibility index (Phi) is 6.30. The smallest absolute Gasteiger partial charge is 0.337 e. The molecule has 32 heavy (non-hydrogen) atoms. The Morgan fingerprint density at radius 3 is 2.16 bits per heavy atom. The molecule has 4 aromatic rings. The molecule has 0 saturated heterocycles. The first-order valence-corrected chi connectivity index (χ1v) is 10.1. The van der Waals surface area contributed by atoms with Crippen molar-refractivity contribution in [2.45, 2.75) is 6.54 Å². The number of aromatic nitrogens is 3. The lowest BCUT2D eigenvalue weighted by molar-refractivity contribution is -0.553. The minimum atomic E-state index is -0.264. The van der Waals surface area contributed by atoms with Gasteiger partial charge in [-0.1, -0.05) is 66.7 Å². The van der Waals surface area contributed by atoms with E-state index < -0.39 is 0 Å². The van der Waals surface area contributed by atoms with Gasteiger partial charge < -0.3 is 22.1 Å². The van der Waals surface area contributed by atoms with Crippen molar-refractivity contribution in [1.82, 2.24) is 9.78 Å². The normalized spacial score (nSPS) is 13.8. The monoisotopic (exact) mass is 488 g/mol. The third-order valence-corrected chi connectivity index (χ3v) is 5.31. The topological polar surface area (TPSA) is 74.3 Å². The fraction of sp³-hybridized carbons (Fsp3) is 0.0800.